The van der Waals surface area contributed by atoms with Crippen molar-refractivity contribution in [3.05, 3.63) is 52.9 Å². The third-order valence-electron chi connectivity index (χ3n) is 6.01. The zero-order valence-electron chi connectivity index (χ0n) is 16.5. The normalized spacial score (nSPS) is 31.9. The van der Waals surface area contributed by atoms with E-state index < -0.39 is 12.0 Å². The van der Waals surface area contributed by atoms with E-state index in [2.05, 4.69) is 9.97 Å². The summed E-state index contributed by atoms with van der Waals surface area (Å²) in [5, 5.41) is 1.47. The van der Waals surface area contributed by atoms with E-state index in [9.17, 15) is 0 Å². The average Bonchev–Trinajstić information content (AvgIpc) is 3.43. The van der Waals surface area contributed by atoms with E-state index in [0.29, 0.717) is 23.1 Å². The van der Waals surface area contributed by atoms with E-state index in [-0.39, 0.29) is 24.4 Å². The van der Waals surface area contributed by atoms with Crippen molar-refractivity contribution in [2.75, 3.05) is 5.73 Å². The minimum Gasteiger partial charge on any atom is -0.383 e. The van der Waals surface area contributed by atoms with Crippen molar-refractivity contribution < 1.29 is 18.9 Å². The summed E-state index contributed by atoms with van der Waals surface area (Å²) in [6, 6.07) is 7.71. The number of nitrogens with two attached hydrogens (primary N) is 1. The number of hydrogen-bond acceptors (Lipinski definition) is 7. The summed E-state index contributed by atoms with van der Waals surface area (Å²) in [7, 11) is 0. The highest BCUT2D eigenvalue weighted by atomic mass is 35.5. The van der Waals surface area contributed by atoms with Crippen LogP contribution in [0.25, 0.3) is 11.0 Å². The van der Waals surface area contributed by atoms with Crippen LogP contribution in [0.5, 0.6) is 0 Å². The third kappa shape index (κ3) is 2.68. The molecule has 0 spiro atoms. The molecule has 2 N–H and O–H groups in total. The van der Waals surface area contributed by atoms with Gasteiger partial charge in [0.05, 0.1) is 12.0 Å². The van der Waals surface area contributed by atoms with Crippen molar-refractivity contribution in [1.82, 2.24) is 14.5 Å². The second-order valence-electron chi connectivity index (χ2n) is 8.35. The topological polar surface area (TPSA) is 93.7 Å². The van der Waals surface area contributed by atoms with Crippen molar-refractivity contribution in [3.8, 4) is 0 Å². The maximum Gasteiger partial charge on any atom is 0.164 e. The first-order chi connectivity index (χ1) is 14.4. The number of aromatic nitrogens is 3. The van der Waals surface area contributed by atoms with Gasteiger partial charge in [0.2, 0.25) is 0 Å². The highest BCUT2D eigenvalue weighted by Gasteiger charge is 2.59. The number of nitrogens with zero attached hydrogens (tertiary/aromatic N) is 3. The summed E-state index contributed by atoms with van der Waals surface area (Å²) >= 11 is 6.16. The summed E-state index contributed by atoms with van der Waals surface area (Å²) in [5.74, 6) is -0.299. The highest BCUT2D eigenvalue weighted by Crippen LogP contribution is 2.49. The summed E-state index contributed by atoms with van der Waals surface area (Å²) in [4.78, 5) is 8.49. The lowest BCUT2D eigenvalue weighted by Crippen LogP contribution is -2.34. The fourth-order valence-corrected chi connectivity index (χ4v) is 4.98. The van der Waals surface area contributed by atoms with Gasteiger partial charge in [0.15, 0.2) is 12.0 Å². The van der Waals surface area contributed by atoms with Crippen molar-refractivity contribution in [3.63, 3.8) is 0 Å². The number of ether oxygens (including phenoxy) is 4. The van der Waals surface area contributed by atoms with Crippen molar-refractivity contribution >= 4 is 28.5 Å². The number of nitrogen functional groups attached to an aromatic ring is 1. The van der Waals surface area contributed by atoms with Crippen LogP contribution < -0.4 is 5.73 Å². The van der Waals surface area contributed by atoms with Gasteiger partial charge >= 0.3 is 0 Å². The Kier molecular flexibility index (Phi) is 3.94. The van der Waals surface area contributed by atoms with E-state index >= 15 is 0 Å². The smallest absolute Gasteiger partial charge is 0.164 e. The largest absolute Gasteiger partial charge is 0.383 e. The lowest BCUT2D eigenvalue weighted by Gasteiger charge is -2.27. The van der Waals surface area contributed by atoms with Crippen molar-refractivity contribution in [2.45, 2.75) is 56.9 Å². The zero-order chi connectivity index (χ0) is 20.6. The molecule has 156 valence electrons. The standard InChI is InChI=1S/C21H21ClN4O4/c1-21(2)29-16-15(14-12-4-3-11(22)7-10(12)8-27-14)28-20(17(16)30-21)26-6-5-13-18(23)24-9-25-19(13)26/h3-7,9,14-17,20H,8H2,1-2H3,(H2,23,24,25)/t14-,15-,16-,17-,20-/m1/s1. The molecular weight excluding hydrogens is 408 g/mol. The van der Waals surface area contributed by atoms with Crippen LogP contribution in [0.3, 0.4) is 0 Å². The van der Waals surface area contributed by atoms with Gasteiger partial charge < -0.3 is 29.2 Å². The van der Waals surface area contributed by atoms with Crippen LogP contribution in [0.4, 0.5) is 5.82 Å². The molecule has 3 aliphatic heterocycles. The van der Waals surface area contributed by atoms with Gasteiger partial charge in [0.25, 0.3) is 0 Å². The van der Waals surface area contributed by atoms with Gasteiger partial charge in [-0.3, -0.25) is 0 Å². The predicted octanol–water partition coefficient (Wildman–Crippen LogP) is 3.36. The maximum atomic E-state index is 6.54. The van der Waals surface area contributed by atoms with Crippen molar-refractivity contribution in [1.29, 1.82) is 0 Å². The molecule has 0 bridgehead atoms. The molecule has 3 aromatic rings. The Bertz CT molecular complexity index is 1150. The minimum absolute atomic E-state index is 0.270. The number of fused-ring (bicyclic) bond motifs is 3. The molecule has 0 amide bonds. The van der Waals surface area contributed by atoms with E-state index in [1.807, 2.05) is 48.9 Å². The number of hydrogen-bond donors (Lipinski definition) is 1. The van der Waals surface area contributed by atoms with Crippen LogP contribution in [0.15, 0.2) is 36.8 Å². The van der Waals surface area contributed by atoms with Gasteiger partial charge in [0.1, 0.15) is 42.2 Å². The first kappa shape index (κ1) is 18.5. The first-order valence-corrected chi connectivity index (χ1v) is 10.3. The molecule has 5 heterocycles. The molecule has 2 fully saturated rings. The molecular formula is C21H21ClN4O4. The van der Waals surface area contributed by atoms with E-state index in [1.165, 1.54) is 6.33 Å². The van der Waals surface area contributed by atoms with Crippen LogP contribution in [0.1, 0.15) is 37.3 Å². The number of halogens is 1. The van der Waals surface area contributed by atoms with E-state index in [4.69, 9.17) is 36.3 Å². The Labute approximate surface area is 177 Å². The highest BCUT2D eigenvalue weighted by molar-refractivity contribution is 6.30. The predicted molar refractivity (Wildman–Crippen MR) is 109 cm³/mol. The molecule has 0 unspecified atom stereocenters. The van der Waals surface area contributed by atoms with Crippen LogP contribution in [-0.2, 0) is 25.6 Å². The number of anilines is 1. The Morgan fingerprint density at radius 3 is 2.83 bits per heavy atom. The molecule has 1 aromatic carbocycles. The Balaban J connectivity index is 1.41. The van der Waals surface area contributed by atoms with Crippen molar-refractivity contribution in [2.24, 2.45) is 0 Å². The Hall–Kier alpha value is -2.23. The first-order valence-electron chi connectivity index (χ1n) is 9.89. The number of rotatable bonds is 2. The summed E-state index contributed by atoms with van der Waals surface area (Å²) < 4.78 is 27.2. The molecule has 9 heteroatoms. The molecule has 0 radical (unpaired) electrons. The van der Waals surface area contributed by atoms with Crippen LogP contribution >= 0.6 is 11.6 Å². The molecule has 3 aliphatic rings. The summed E-state index contributed by atoms with van der Waals surface area (Å²) in [6.45, 7) is 4.32. The van der Waals surface area contributed by atoms with Crippen LogP contribution in [0.2, 0.25) is 5.02 Å². The van der Waals surface area contributed by atoms with Gasteiger partial charge in [0, 0.05) is 11.2 Å². The fraction of sp³-hybridized carbons (Fsp3) is 0.429. The fourth-order valence-electron chi connectivity index (χ4n) is 4.79. The Morgan fingerprint density at radius 1 is 1.13 bits per heavy atom. The zero-order valence-corrected chi connectivity index (χ0v) is 17.2. The van der Waals surface area contributed by atoms with Gasteiger partial charge in [-0.15, -0.1) is 0 Å². The lowest BCUT2D eigenvalue weighted by atomic mass is 9.97. The molecule has 0 saturated carbocycles. The van der Waals surface area contributed by atoms with Crippen LogP contribution in [-0.4, -0.2) is 38.6 Å². The summed E-state index contributed by atoms with van der Waals surface area (Å²) in [6.07, 6.45) is 1.68. The second kappa shape index (κ2) is 6.38. The molecule has 0 aliphatic carbocycles. The lowest BCUT2D eigenvalue weighted by molar-refractivity contribution is -0.210. The minimum atomic E-state index is -0.728. The molecule has 2 aromatic heterocycles. The van der Waals surface area contributed by atoms with Gasteiger partial charge in [-0.25, -0.2) is 9.97 Å². The summed E-state index contributed by atoms with van der Waals surface area (Å²) in [5.41, 5.74) is 8.85. The molecule has 2 saturated heterocycles. The molecule has 8 nitrogen and oxygen atoms in total. The Morgan fingerprint density at radius 2 is 1.97 bits per heavy atom. The third-order valence-corrected chi connectivity index (χ3v) is 6.24. The van der Waals surface area contributed by atoms with Gasteiger partial charge in [-0.1, -0.05) is 17.7 Å². The van der Waals surface area contributed by atoms with Crippen LogP contribution in [0, 0.1) is 0 Å². The van der Waals surface area contributed by atoms with E-state index in [1.54, 1.807) is 0 Å². The van der Waals surface area contributed by atoms with Gasteiger partial charge in [-0.05, 0) is 43.2 Å². The average molecular weight is 429 g/mol. The SMILES string of the molecule is CC1(C)O[C@H]2[C@@H](O1)[C@H](n1ccc3c(N)ncnc31)O[C@@H]2[C@@H]1OCc2cc(Cl)ccc21. The molecule has 5 atom stereocenters. The second-order valence-corrected chi connectivity index (χ2v) is 8.79. The quantitative estimate of drug-likeness (QED) is 0.668. The van der Waals surface area contributed by atoms with E-state index in [0.717, 1.165) is 16.5 Å². The molecule has 30 heavy (non-hydrogen) atoms. The maximum absolute atomic E-state index is 6.54. The van der Waals surface area contributed by atoms with Gasteiger partial charge in [-0.2, -0.15) is 0 Å². The molecule has 6 rings (SSSR count). The monoisotopic (exact) mass is 428 g/mol. The number of benzene rings is 1.